The Bertz CT molecular complexity index is 174. The normalized spacial score (nSPS) is 40.2. The Kier molecular flexibility index (Phi) is 2.40. The Labute approximate surface area is 71.6 Å². The van der Waals surface area contributed by atoms with Gasteiger partial charge in [-0.25, -0.2) is 0 Å². The molecule has 0 bridgehead atoms. The number of carboxylic acids is 1. The van der Waals surface area contributed by atoms with Crippen LogP contribution in [0.3, 0.4) is 0 Å². The lowest BCUT2D eigenvalue weighted by atomic mass is 9.67. The van der Waals surface area contributed by atoms with Gasteiger partial charge in [-0.1, -0.05) is 0 Å². The van der Waals surface area contributed by atoms with Crippen molar-refractivity contribution in [1.82, 2.24) is 5.32 Å². The van der Waals surface area contributed by atoms with Gasteiger partial charge in [0.05, 0.1) is 5.92 Å². The van der Waals surface area contributed by atoms with E-state index in [0.717, 1.165) is 19.5 Å². The molecule has 1 aliphatic heterocycles. The predicted octanol–water partition coefficient (Wildman–Crippen LogP) is 0.348. The van der Waals surface area contributed by atoms with Gasteiger partial charge in [0.15, 0.2) is 0 Å². The van der Waals surface area contributed by atoms with E-state index < -0.39 is 5.97 Å². The molecule has 0 aromatic heterocycles. The van der Waals surface area contributed by atoms with Gasteiger partial charge < -0.3 is 10.4 Å². The molecule has 0 spiro atoms. The van der Waals surface area contributed by atoms with E-state index in [9.17, 15) is 4.79 Å². The minimum atomic E-state index is -0.607. The fourth-order valence-electron chi connectivity index (χ4n) is 2.07. The average Bonchev–Trinajstić information content (AvgIpc) is 2.11. The molecule has 1 heterocycles. The minimum absolute atomic E-state index is 0. The van der Waals surface area contributed by atoms with Crippen LogP contribution in [0.2, 0.25) is 0 Å². The van der Waals surface area contributed by atoms with Crippen molar-refractivity contribution in [1.29, 1.82) is 0 Å². The van der Waals surface area contributed by atoms with Crippen molar-refractivity contribution >= 4 is 18.4 Å². The molecule has 64 valence electrons. The lowest BCUT2D eigenvalue weighted by molar-refractivity contribution is -0.149. The fourth-order valence-corrected chi connectivity index (χ4v) is 2.07. The lowest BCUT2D eigenvalue weighted by Crippen LogP contribution is -2.40. The van der Waals surface area contributed by atoms with Crippen LogP contribution in [0.25, 0.3) is 0 Å². The molecule has 2 N–H and O–H groups in total. The summed E-state index contributed by atoms with van der Waals surface area (Å²) < 4.78 is 0. The van der Waals surface area contributed by atoms with E-state index in [2.05, 4.69) is 5.32 Å². The van der Waals surface area contributed by atoms with Gasteiger partial charge in [-0.3, -0.25) is 4.79 Å². The Hall–Kier alpha value is -0.280. The van der Waals surface area contributed by atoms with E-state index in [1.165, 1.54) is 0 Å². The van der Waals surface area contributed by atoms with Crippen LogP contribution in [-0.2, 0) is 4.79 Å². The summed E-state index contributed by atoms with van der Waals surface area (Å²) in [7, 11) is 0. The first-order valence-corrected chi connectivity index (χ1v) is 3.72. The van der Waals surface area contributed by atoms with Crippen LogP contribution in [0.1, 0.15) is 6.42 Å². The van der Waals surface area contributed by atoms with E-state index in [-0.39, 0.29) is 18.3 Å². The highest BCUT2D eigenvalue weighted by Crippen LogP contribution is 2.42. The first-order valence-electron chi connectivity index (χ1n) is 3.72. The highest BCUT2D eigenvalue weighted by atomic mass is 35.5. The molecule has 1 saturated heterocycles. The molecule has 3 nitrogen and oxygen atoms in total. The van der Waals surface area contributed by atoms with E-state index >= 15 is 0 Å². The maximum absolute atomic E-state index is 10.5. The molecule has 1 aliphatic carbocycles. The third-order valence-electron chi connectivity index (χ3n) is 2.78. The van der Waals surface area contributed by atoms with Gasteiger partial charge in [-0.15, -0.1) is 12.4 Å². The number of halogens is 1. The summed E-state index contributed by atoms with van der Waals surface area (Å²) in [6, 6.07) is 0. The molecule has 2 fully saturated rings. The third-order valence-corrected chi connectivity index (χ3v) is 2.78. The Morgan fingerprint density at radius 3 is 2.73 bits per heavy atom. The monoisotopic (exact) mass is 177 g/mol. The second kappa shape index (κ2) is 2.99. The molecule has 3 atom stereocenters. The molecule has 1 saturated carbocycles. The van der Waals surface area contributed by atoms with E-state index in [0.29, 0.717) is 11.8 Å². The van der Waals surface area contributed by atoms with Gasteiger partial charge in [-0.05, 0) is 31.3 Å². The number of aliphatic carboxylic acids is 1. The number of hydrogen-bond donors (Lipinski definition) is 2. The van der Waals surface area contributed by atoms with Crippen LogP contribution in [0.15, 0.2) is 0 Å². The Morgan fingerprint density at radius 2 is 2.18 bits per heavy atom. The quantitative estimate of drug-likeness (QED) is 0.608. The number of fused-ring (bicyclic) bond motifs is 1. The lowest BCUT2D eigenvalue weighted by Gasteiger charge is -2.36. The van der Waals surface area contributed by atoms with Crippen molar-refractivity contribution in [3.63, 3.8) is 0 Å². The summed E-state index contributed by atoms with van der Waals surface area (Å²) in [6.07, 6.45) is 0.896. The standard InChI is InChI=1S/C7H11NO2.ClH/c9-7(10)5-1-4-2-8-3-6(4)5;/h4-6,8H,1-3H2,(H,9,10);1H. The summed E-state index contributed by atoms with van der Waals surface area (Å²) in [4.78, 5) is 10.5. The highest BCUT2D eigenvalue weighted by Gasteiger charge is 2.47. The van der Waals surface area contributed by atoms with Gasteiger partial charge >= 0.3 is 5.97 Å². The predicted molar refractivity (Wildman–Crippen MR) is 42.8 cm³/mol. The number of hydrogen-bond acceptors (Lipinski definition) is 2. The molecular formula is C7H12ClNO2. The summed E-state index contributed by atoms with van der Waals surface area (Å²) in [5, 5.41) is 11.9. The van der Waals surface area contributed by atoms with Crippen LogP contribution < -0.4 is 5.32 Å². The van der Waals surface area contributed by atoms with Gasteiger partial charge in [0, 0.05) is 0 Å². The van der Waals surface area contributed by atoms with Gasteiger partial charge in [0.2, 0.25) is 0 Å². The molecule has 0 aromatic rings. The van der Waals surface area contributed by atoms with Gasteiger partial charge in [-0.2, -0.15) is 0 Å². The van der Waals surface area contributed by atoms with E-state index in [1.807, 2.05) is 0 Å². The summed E-state index contributed by atoms with van der Waals surface area (Å²) in [6.45, 7) is 1.95. The summed E-state index contributed by atoms with van der Waals surface area (Å²) in [5.74, 6) is 0.462. The van der Waals surface area contributed by atoms with Crippen molar-refractivity contribution in [2.75, 3.05) is 13.1 Å². The zero-order valence-corrected chi connectivity index (χ0v) is 6.93. The number of nitrogens with one attached hydrogen (secondary N) is 1. The maximum atomic E-state index is 10.5. The topological polar surface area (TPSA) is 49.3 Å². The Balaban J connectivity index is 0.000000605. The average molecular weight is 178 g/mol. The first kappa shape index (κ1) is 8.81. The number of carbonyl (C=O) groups is 1. The molecule has 0 aromatic carbocycles. The van der Waals surface area contributed by atoms with Crippen LogP contribution in [0, 0.1) is 17.8 Å². The van der Waals surface area contributed by atoms with Crippen LogP contribution >= 0.6 is 12.4 Å². The fraction of sp³-hybridized carbons (Fsp3) is 0.857. The third kappa shape index (κ3) is 1.23. The second-order valence-corrected chi connectivity index (χ2v) is 3.26. The summed E-state index contributed by atoms with van der Waals surface area (Å²) in [5.41, 5.74) is 0. The van der Waals surface area contributed by atoms with Crippen LogP contribution in [0.5, 0.6) is 0 Å². The second-order valence-electron chi connectivity index (χ2n) is 3.26. The van der Waals surface area contributed by atoms with Crippen molar-refractivity contribution in [2.24, 2.45) is 17.8 Å². The van der Waals surface area contributed by atoms with Crippen molar-refractivity contribution in [2.45, 2.75) is 6.42 Å². The molecule has 11 heavy (non-hydrogen) atoms. The van der Waals surface area contributed by atoms with E-state index in [4.69, 9.17) is 5.11 Å². The van der Waals surface area contributed by atoms with Crippen molar-refractivity contribution < 1.29 is 9.90 Å². The molecule has 0 amide bonds. The minimum Gasteiger partial charge on any atom is -0.481 e. The zero-order chi connectivity index (χ0) is 7.14. The number of carboxylic acid groups (broad SMARTS) is 1. The largest absolute Gasteiger partial charge is 0.481 e. The highest BCUT2D eigenvalue weighted by molar-refractivity contribution is 5.85. The maximum Gasteiger partial charge on any atom is 0.306 e. The number of rotatable bonds is 1. The molecule has 0 radical (unpaired) electrons. The molecule has 2 rings (SSSR count). The van der Waals surface area contributed by atoms with Crippen molar-refractivity contribution in [3.05, 3.63) is 0 Å². The van der Waals surface area contributed by atoms with Gasteiger partial charge in [0.25, 0.3) is 0 Å². The summed E-state index contributed by atoms with van der Waals surface area (Å²) >= 11 is 0. The molecule has 2 aliphatic rings. The van der Waals surface area contributed by atoms with E-state index in [1.54, 1.807) is 0 Å². The zero-order valence-electron chi connectivity index (χ0n) is 6.12. The first-order chi connectivity index (χ1) is 4.79. The SMILES string of the molecule is Cl.O=C(O)C1CC2CNCC21. The van der Waals surface area contributed by atoms with Crippen LogP contribution in [-0.4, -0.2) is 24.2 Å². The molecular weight excluding hydrogens is 166 g/mol. The van der Waals surface area contributed by atoms with Crippen LogP contribution in [0.4, 0.5) is 0 Å². The Morgan fingerprint density at radius 1 is 1.45 bits per heavy atom. The smallest absolute Gasteiger partial charge is 0.306 e. The molecule has 4 heteroatoms. The van der Waals surface area contributed by atoms with Crippen molar-refractivity contribution in [3.8, 4) is 0 Å². The molecule has 3 unspecified atom stereocenters. The van der Waals surface area contributed by atoms with Gasteiger partial charge in [0.1, 0.15) is 0 Å².